The Morgan fingerprint density at radius 1 is 1.10 bits per heavy atom. The van der Waals surface area contributed by atoms with Gasteiger partial charge in [-0.3, -0.25) is 4.79 Å². The maximum Gasteiger partial charge on any atom is 0.339 e. The number of carbonyl (C=O) groups is 2. The van der Waals surface area contributed by atoms with Gasteiger partial charge in [-0.1, -0.05) is 25.1 Å². The van der Waals surface area contributed by atoms with E-state index < -0.39 is 5.97 Å². The smallest absolute Gasteiger partial charge is 0.339 e. The normalized spacial score (nSPS) is 11.7. The van der Waals surface area contributed by atoms with Crippen LogP contribution in [-0.4, -0.2) is 36.6 Å². The highest BCUT2D eigenvalue weighted by Crippen LogP contribution is 2.26. The Labute approximate surface area is 169 Å². The van der Waals surface area contributed by atoms with Crippen LogP contribution in [0.25, 0.3) is 22.2 Å². The SMILES string of the molecule is CC[C@H](C)NC(=O)COC(=O)c1cc(-c2ccc(OC)cc2)nc2ccccc12. The van der Waals surface area contributed by atoms with Crippen LogP contribution in [0.1, 0.15) is 30.6 Å². The van der Waals surface area contributed by atoms with Crippen LogP contribution < -0.4 is 10.1 Å². The molecule has 0 saturated heterocycles. The summed E-state index contributed by atoms with van der Waals surface area (Å²) in [6.07, 6.45) is 0.805. The van der Waals surface area contributed by atoms with Gasteiger partial charge in [-0.2, -0.15) is 0 Å². The van der Waals surface area contributed by atoms with Crippen molar-refractivity contribution in [3.63, 3.8) is 0 Å². The molecule has 150 valence electrons. The predicted octanol–water partition coefficient (Wildman–Crippen LogP) is 3.98. The molecule has 1 atom stereocenters. The molecule has 0 fully saturated rings. The van der Waals surface area contributed by atoms with Crippen LogP contribution in [0.15, 0.2) is 54.6 Å². The molecule has 1 aromatic heterocycles. The molecular weight excluding hydrogens is 368 g/mol. The lowest BCUT2D eigenvalue weighted by Crippen LogP contribution is -2.35. The lowest BCUT2D eigenvalue weighted by atomic mass is 10.0. The van der Waals surface area contributed by atoms with Gasteiger partial charge in [0.1, 0.15) is 5.75 Å². The molecule has 0 aliphatic carbocycles. The average Bonchev–Trinajstić information content (AvgIpc) is 2.76. The van der Waals surface area contributed by atoms with Crippen molar-refractivity contribution in [2.75, 3.05) is 13.7 Å². The molecule has 1 heterocycles. The minimum atomic E-state index is -0.558. The van der Waals surface area contributed by atoms with Crippen LogP contribution in [0.4, 0.5) is 0 Å². The van der Waals surface area contributed by atoms with Gasteiger partial charge in [0.05, 0.1) is 23.9 Å². The summed E-state index contributed by atoms with van der Waals surface area (Å²) in [6.45, 7) is 3.55. The van der Waals surface area contributed by atoms with E-state index in [0.29, 0.717) is 22.2 Å². The third kappa shape index (κ3) is 4.90. The summed E-state index contributed by atoms with van der Waals surface area (Å²) in [5.41, 5.74) is 2.54. The summed E-state index contributed by atoms with van der Waals surface area (Å²) in [5, 5.41) is 3.46. The Balaban J connectivity index is 1.89. The maximum atomic E-state index is 12.8. The quantitative estimate of drug-likeness (QED) is 0.616. The number of aromatic nitrogens is 1. The first kappa shape index (κ1) is 20.3. The van der Waals surface area contributed by atoms with Crippen LogP contribution in [0, 0.1) is 0 Å². The molecule has 3 aromatic rings. The number of methoxy groups -OCH3 is 1. The number of carbonyl (C=O) groups excluding carboxylic acids is 2. The molecule has 0 bridgehead atoms. The molecule has 0 aliphatic rings. The number of nitrogens with one attached hydrogen (secondary N) is 1. The molecule has 3 rings (SSSR count). The molecule has 6 heteroatoms. The number of hydrogen-bond donors (Lipinski definition) is 1. The first-order chi connectivity index (χ1) is 14.0. The summed E-state index contributed by atoms with van der Waals surface area (Å²) < 4.78 is 10.5. The molecule has 0 saturated carbocycles. The van der Waals surface area contributed by atoms with Gasteiger partial charge >= 0.3 is 5.97 Å². The summed E-state index contributed by atoms with van der Waals surface area (Å²) in [7, 11) is 1.61. The maximum absolute atomic E-state index is 12.8. The van der Waals surface area contributed by atoms with E-state index in [1.165, 1.54) is 0 Å². The van der Waals surface area contributed by atoms with E-state index in [0.717, 1.165) is 17.7 Å². The zero-order chi connectivity index (χ0) is 20.8. The fourth-order valence-corrected chi connectivity index (χ4v) is 2.88. The van der Waals surface area contributed by atoms with Gasteiger partial charge in [-0.05, 0) is 49.7 Å². The molecule has 1 amide bonds. The Bertz CT molecular complexity index is 1020. The second-order valence-electron chi connectivity index (χ2n) is 6.75. The lowest BCUT2D eigenvalue weighted by molar-refractivity contribution is -0.124. The van der Waals surface area contributed by atoms with Crippen LogP contribution in [0.5, 0.6) is 5.75 Å². The number of pyridine rings is 1. The van der Waals surface area contributed by atoms with Crippen LogP contribution >= 0.6 is 0 Å². The predicted molar refractivity (Wildman–Crippen MR) is 112 cm³/mol. The van der Waals surface area contributed by atoms with Crippen molar-refractivity contribution in [1.82, 2.24) is 10.3 Å². The van der Waals surface area contributed by atoms with Crippen molar-refractivity contribution in [1.29, 1.82) is 0 Å². The van der Waals surface area contributed by atoms with Gasteiger partial charge in [-0.15, -0.1) is 0 Å². The number of ether oxygens (including phenoxy) is 2. The number of amides is 1. The largest absolute Gasteiger partial charge is 0.497 e. The number of benzene rings is 2. The molecule has 1 N–H and O–H groups in total. The first-order valence-electron chi connectivity index (χ1n) is 9.52. The van der Waals surface area contributed by atoms with Gasteiger partial charge in [0, 0.05) is 17.0 Å². The van der Waals surface area contributed by atoms with E-state index in [1.807, 2.05) is 62.4 Å². The Hall–Kier alpha value is -3.41. The second-order valence-corrected chi connectivity index (χ2v) is 6.75. The molecule has 0 spiro atoms. The molecular formula is C23H24N2O4. The number of para-hydroxylation sites is 1. The fraction of sp³-hybridized carbons (Fsp3) is 0.261. The lowest BCUT2D eigenvalue weighted by Gasteiger charge is -2.13. The monoisotopic (exact) mass is 392 g/mol. The van der Waals surface area contributed by atoms with Crippen molar-refractivity contribution in [3.05, 3.63) is 60.2 Å². The second kappa shape index (κ2) is 9.19. The van der Waals surface area contributed by atoms with Crippen molar-refractivity contribution in [2.45, 2.75) is 26.3 Å². The average molecular weight is 392 g/mol. The minimum absolute atomic E-state index is 0.0321. The van der Waals surface area contributed by atoms with Crippen molar-refractivity contribution < 1.29 is 19.1 Å². The van der Waals surface area contributed by atoms with Crippen LogP contribution in [0.3, 0.4) is 0 Å². The summed E-state index contributed by atoms with van der Waals surface area (Å²) >= 11 is 0. The molecule has 2 aromatic carbocycles. The van der Waals surface area contributed by atoms with E-state index in [9.17, 15) is 9.59 Å². The third-order valence-electron chi connectivity index (χ3n) is 4.68. The van der Waals surface area contributed by atoms with Crippen LogP contribution in [0.2, 0.25) is 0 Å². The van der Waals surface area contributed by atoms with Crippen molar-refractivity contribution >= 4 is 22.8 Å². The van der Waals surface area contributed by atoms with E-state index in [4.69, 9.17) is 9.47 Å². The number of nitrogens with zero attached hydrogens (tertiary/aromatic N) is 1. The Morgan fingerprint density at radius 3 is 2.52 bits per heavy atom. The van der Waals surface area contributed by atoms with Gasteiger partial charge in [0.25, 0.3) is 5.91 Å². The van der Waals surface area contributed by atoms with Gasteiger partial charge in [0.15, 0.2) is 6.61 Å². The highest BCUT2D eigenvalue weighted by Gasteiger charge is 2.17. The highest BCUT2D eigenvalue weighted by atomic mass is 16.5. The summed E-state index contributed by atoms with van der Waals surface area (Å²) in [5.74, 6) is -0.138. The Morgan fingerprint density at radius 2 is 1.83 bits per heavy atom. The van der Waals surface area contributed by atoms with E-state index in [2.05, 4.69) is 10.3 Å². The molecule has 0 unspecified atom stereocenters. The first-order valence-corrected chi connectivity index (χ1v) is 9.52. The standard InChI is InChI=1S/C23H24N2O4/c1-4-15(2)24-22(26)14-29-23(27)19-13-21(16-9-11-17(28-3)12-10-16)25-20-8-6-5-7-18(19)20/h5-13,15H,4,14H2,1-3H3,(H,24,26)/t15-/m0/s1. The number of hydrogen-bond acceptors (Lipinski definition) is 5. The zero-order valence-corrected chi connectivity index (χ0v) is 16.8. The van der Waals surface area contributed by atoms with E-state index >= 15 is 0 Å². The minimum Gasteiger partial charge on any atom is -0.497 e. The topological polar surface area (TPSA) is 77.5 Å². The summed E-state index contributed by atoms with van der Waals surface area (Å²) in [4.78, 5) is 29.4. The van der Waals surface area contributed by atoms with E-state index in [1.54, 1.807) is 13.2 Å². The van der Waals surface area contributed by atoms with Crippen molar-refractivity contribution in [2.24, 2.45) is 0 Å². The molecule has 0 aliphatic heterocycles. The van der Waals surface area contributed by atoms with E-state index in [-0.39, 0.29) is 18.6 Å². The van der Waals surface area contributed by atoms with Gasteiger partial charge in [-0.25, -0.2) is 9.78 Å². The van der Waals surface area contributed by atoms with Crippen molar-refractivity contribution in [3.8, 4) is 17.0 Å². The fourth-order valence-electron chi connectivity index (χ4n) is 2.88. The molecule has 0 radical (unpaired) electrons. The Kier molecular flexibility index (Phi) is 6.44. The number of esters is 1. The molecule has 6 nitrogen and oxygen atoms in total. The molecule has 29 heavy (non-hydrogen) atoms. The number of rotatable bonds is 7. The summed E-state index contributed by atoms with van der Waals surface area (Å²) in [6, 6.07) is 16.5. The van der Waals surface area contributed by atoms with Crippen LogP contribution in [-0.2, 0) is 9.53 Å². The number of fused-ring (bicyclic) bond motifs is 1. The highest BCUT2D eigenvalue weighted by molar-refractivity contribution is 6.05. The zero-order valence-electron chi connectivity index (χ0n) is 16.8. The third-order valence-corrected chi connectivity index (χ3v) is 4.68. The van der Waals surface area contributed by atoms with Gasteiger partial charge in [0.2, 0.25) is 0 Å². The van der Waals surface area contributed by atoms with Gasteiger partial charge < -0.3 is 14.8 Å².